The first-order chi connectivity index (χ1) is 5.83. The molecule has 13 heavy (non-hydrogen) atoms. The summed E-state index contributed by atoms with van der Waals surface area (Å²) in [5, 5.41) is 7.39. The van der Waals surface area contributed by atoms with E-state index in [1.807, 2.05) is 13.8 Å². The summed E-state index contributed by atoms with van der Waals surface area (Å²) in [4.78, 5) is 0. The molecule has 0 heterocycles. The third-order valence-electron chi connectivity index (χ3n) is 1.04. The van der Waals surface area contributed by atoms with Gasteiger partial charge in [-0.1, -0.05) is 19.5 Å². The van der Waals surface area contributed by atoms with E-state index in [0.717, 1.165) is 5.69 Å². The Kier molecular flexibility index (Phi) is 11.5. The van der Waals surface area contributed by atoms with E-state index in [1.54, 1.807) is 25.2 Å². The molecule has 1 aromatic rings. The number of nitrogen functional groups attached to an aromatic ring is 1. The number of anilines is 1. The van der Waals surface area contributed by atoms with Gasteiger partial charge in [0.25, 0.3) is 0 Å². The Balaban J connectivity index is 0. The summed E-state index contributed by atoms with van der Waals surface area (Å²) in [5.41, 5.74) is 6.79. The van der Waals surface area contributed by atoms with Gasteiger partial charge in [-0.3, -0.25) is 0 Å². The van der Waals surface area contributed by atoms with Gasteiger partial charge < -0.3 is 5.73 Å². The Hall–Kier alpha value is -0.276. The van der Waals surface area contributed by atoms with Crippen LogP contribution in [0.3, 0.4) is 0 Å². The normalized spacial score (nSPS) is 8.54. The van der Waals surface area contributed by atoms with E-state index in [9.17, 15) is 0 Å². The molecule has 1 aromatic carbocycles. The summed E-state index contributed by atoms with van der Waals surface area (Å²) in [6.07, 6.45) is 0. The first-order valence-electron chi connectivity index (χ1n) is 3.90. The number of azo groups is 1. The molecule has 0 aliphatic heterocycles. The van der Waals surface area contributed by atoms with E-state index in [1.165, 1.54) is 0 Å². The molecule has 1 rings (SSSR count). The van der Waals surface area contributed by atoms with Crippen molar-refractivity contribution >= 4 is 11.4 Å². The van der Waals surface area contributed by atoms with Crippen molar-refractivity contribution in [1.82, 2.24) is 0 Å². The number of benzene rings is 1. The van der Waals surface area contributed by atoms with Crippen LogP contribution in [0.15, 0.2) is 28.4 Å². The van der Waals surface area contributed by atoms with E-state index in [2.05, 4.69) is 16.3 Å². The van der Waals surface area contributed by atoms with Gasteiger partial charge >= 0.3 is 0 Å². The van der Waals surface area contributed by atoms with Gasteiger partial charge in [0.15, 0.2) is 0 Å². The molecule has 0 aliphatic rings. The molecule has 0 atom stereocenters. The molecule has 0 aromatic heterocycles. The molecule has 1 radical (unpaired) electrons. The van der Waals surface area contributed by atoms with Crippen LogP contribution in [0.5, 0.6) is 0 Å². The third kappa shape index (κ3) is 6.85. The maximum Gasteiger partial charge on any atom is 0.0479 e. The fourth-order valence-electron chi connectivity index (χ4n) is 0.606. The van der Waals surface area contributed by atoms with Crippen molar-refractivity contribution in [2.75, 3.05) is 12.8 Å². The minimum absolute atomic E-state index is 0. The fraction of sp³-hybridized carbons (Fsp3) is 0.333. The number of nitrogens with zero attached hydrogens (tertiary/aromatic N) is 2. The monoisotopic (exact) mass is 253 g/mol. The first kappa shape index (κ1) is 15.2. The van der Waals surface area contributed by atoms with Crippen LogP contribution in [-0.2, 0) is 32.7 Å². The molecule has 0 fully saturated rings. The van der Waals surface area contributed by atoms with Crippen molar-refractivity contribution in [3.05, 3.63) is 24.3 Å². The second-order valence-corrected chi connectivity index (χ2v) is 1.80. The van der Waals surface area contributed by atoms with Gasteiger partial charge in [0.1, 0.15) is 0 Å². The SMILES string of the molecule is CC.CN=Nc1c[c-]c(N)cc1.[Y]. The van der Waals surface area contributed by atoms with E-state index in [0.29, 0.717) is 5.69 Å². The Labute approximate surface area is 105 Å². The molecule has 3 nitrogen and oxygen atoms in total. The van der Waals surface area contributed by atoms with Crippen LogP contribution in [0.1, 0.15) is 13.8 Å². The van der Waals surface area contributed by atoms with Gasteiger partial charge in [-0.25, -0.2) is 10.2 Å². The summed E-state index contributed by atoms with van der Waals surface area (Å²) in [6.45, 7) is 4.00. The number of rotatable bonds is 1. The van der Waals surface area contributed by atoms with Crippen LogP contribution >= 0.6 is 0 Å². The zero-order valence-corrected chi connectivity index (χ0v) is 11.1. The van der Waals surface area contributed by atoms with Crippen LogP contribution < -0.4 is 5.73 Å². The second kappa shape index (κ2) is 9.81. The van der Waals surface area contributed by atoms with E-state index >= 15 is 0 Å². The van der Waals surface area contributed by atoms with Crippen LogP contribution in [0.25, 0.3) is 0 Å². The van der Waals surface area contributed by atoms with Gasteiger partial charge in [-0.15, -0.1) is 18.2 Å². The molecule has 0 unspecified atom stereocenters. The van der Waals surface area contributed by atoms with Crippen molar-refractivity contribution in [2.24, 2.45) is 10.2 Å². The molecule has 2 N–H and O–H groups in total. The Bertz CT molecular complexity index is 231. The number of hydrogen-bond donors (Lipinski definition) is 1. The minimum Gasteiger partial charge on any atom is -0.420 e. The third-order valence-corrected chi connectivity index (χ3v) is 1.04. The fourth-order valence-corrected chi connectivity index (χ4v) is 0.606. The molecule has 0 aliphatic carbocycles. The molecule has 0 spiro atoms. The average molecular weight is 253 g/mol. The van der Waals surface area contributed by atoms with Crippen LogP contribution in [0.2, 0.25) is 0 Å². The molecular weight excluding hydrogens is 239 g/mol. The van der Waals surface area contributed by atoms with Gasteiger partial charge in [0.05, 0.1) is 0 Å². The van der Waals surface area contributed by atoms with Gasteiger partial charge in [0, 0.05) is 39.8 Å². The van der Waals surface area contributed by atoms with Crippen LogP contribution in [-0.4, -0.2) is 7.05 Å². The number of nitrogens with two attached hydrogens (primary N) is 1. The summed E-state index contributed by atoms with van der Waals surface area (Å²) in [7, 11) is 1.62. The van der Waals surface area contributed by atoms with Gasteiger partial charge in [-0.2, -0.15) is 6.07 Å². The molecule has 0 saturated heterocycles. The van der Waals surface area contributed by atoms with Gasteiger partial charge in [-0.05, 0) is 5.69 Å². The summed E-state index contributed by atoms with van der Waals surface area (Å²) < 4.78 is 0. The van der Waals surface area contributed by atoms with Crippen molar-refractivity contribution in [2.45, 2.75) is 13.8 Å². The van der Waals surface area contributed by atoms with Crippen LogP contribution in [0, 0.1) is 6.07 Å². The number of hydrogen-bond acceptors (Lipinski definition) is 3. The van der Waals surface area contributed by atoms with Crippen LogP contribution in [0.4, 0.5) is 11.4 Å². The van der Waals surface area contributed by atoms with Crippen molar-refractivity contribution < 1.29 is 32.7 Å². The zero-order valence-electron chi connectivity index (χ0n) is 8.28. The van der Waals surface area contributed by atoms with Gasteiger partial charge in [0.2, 0.25) is 0 Å². The quantitative estimate of drug-likeness (QED) is 0.467. The zero-order chi connectivity index (χ0) is 9.40. The standard InChI is InChI=1S/C7H8N3.C2H6.Y/c1-9-10-7-4-2-6(8)3-5-7;1-2;/h2,4-5H,8H2,1H3;1-2H3;/q-1;;. The van der Waals surface area contributed by atoms with E-state index in [4.69, 9.17) is 5.73 Å². The summed E-state index contributed by atoms with van der Waals surface area (Å²) in [5.74, 6) is 0. The topological polar surface area (TPSA) is 50.7 Å². The maximum atomic E-state index is 5.39. The first-order valence-corrected chi connectivity index (χ1v) is 3.90. The van der Waals surface area contributed by atoms with Crippen molar-refractivity contribution in [3.63, 3.8) is 0 Å². The Morgan fingerprint density at radius 3 is 2.31 bits per heavy atom. The molecule has 4 heteroatoms. The van der Waals surface area contributed by atoms with Crippen molar-refractivity contribution in [1.29, 1.82) is 0 Å². The maximum absolute atomic E-state index is 5.39. The second-order valence-electron chi connectivity index (χ2n) is 1.80. The largest absolute Gasteiger partial charge is 0.420 e. The summed E-state index contributed by atoms with van der Waals surface area (Å²) >= 11 is 0. The minimum atomic E-state index is 0. The van der Waals surface area contributed by atoms with E-state index < -0.39 is 0 Å². The molecule has 0 amide bonds. The Morgan fingerprint density at radius 1 is 1.31 bits per heavy atom. The smallest absolute Gasteiger partial charge is 0.0479 e. The molecule has 0 bridgehead atoms. The predicted octanol–water partition coefficient (Wildman–Crippen LogP) is 2.81. The Morgan fingerprint density at radius 2 is 1.92 bits per heavy atom. The molecular formula is C9H14N3Y-. The average Bonchev–Trinajstić information content (AvgIpc) is 2.13. The summed E-state index contributed by atoms with van der Waals surface area (Å²) in [6, 6.07) is 8.04. The predicted molar refractivity (Wildman–Crippen MR) is 51.5 cm³/mol. The molecule has 69 valence electrons. The molecule has 0 saturated carbocycles. The van der Waals surface area contributed by atoms with E-state index in [-0.39, 0.29) is 32.7 Å². The van der Waals surface area contributed by atoms with Crippen molar-refractivity contribution in [3.8, 4) is 0 Å².